The van der Waals surface area contributed by atoms with Crippen molar-refractivity contribution in [3.05, 3.63) is 52.0 Å². The predicted octanol–water partition coefficient (Wildman–Crippen LogP) is 4.65. The van der Waals surface area contributed by atoms with Gasteiger partial charge in [-0.25, -0.2) is 4.98 Å². The summed E-state index contributed by atoms with van der Waals surface area (Å²) < 4.78 is 0.888. The lowest BCUT2D eigenvalue weighted by atomic mass is 10.2. The zero-order valence-corrected chi connectivity index (χ0v) is 11.1. The number of benzene rings is 2. The molecule has 2 aromatic carbocycles. The zero-order chi connectivity index (χ0) is 11.8. The van der Waals surface area contributed by atoms with Crippen molar-refractivity contribution in [1.82, 2.24) is 9.97 Å². The van der Waals surface area contributed by atoms with Crippen LogP contribution in [0.3, 0.4) is 0 Å². The van der Waals surface area contributed by atoms with Gasteiger partial charge in [-0.2, -0.15) is 0 Å². The molecule has 1 aromatic heterocycles. The maximum absolute atomic E-state index is 6.07. The number of halogens is 2. The third kappa shape index (κ3) is 1.96. The summed E-state index contributed by atoms with van der Waals surface area (Å²) in [6, 6.07) is 13.7. The fraction of sp³-hybridized carbons (Fsp3) is 0. The summed E-state index contributed by atoms with van der Waals surface area (Å²) in [5.41, 5.74) is 2.97. The van der Waals surface area contributed by atoms with E-state index in [1.54, 1.807) is 0 Å². The minimum absolute atomic E-state index is 0.683. The lowest BCUT2D eigenvalue weighted by molar-refractivity contribution is 1.33. The van der Waals surface area contributed by atoms with Crippen molar-refractivity contribution in [1.29, 1.82) is 0 Å². The number of para-hydroxylation sites is 2. The molecule has 0 amide bonds. The average molecular weight is 308 g/mol. The molecule has 0 aliphatic carbocycles. The molecule has 0 radical (unpaired) electrons. The summed E-state index contributed by atoms with van der Waals surface area (Å²) in [4.78, 5) is 7.80. The van der Waals surface area contributed by atoms with Gasteiger partial charge < -0.3 is 4.98 Å². The van der Waals surface area contributed by atoms with Gasteiger partial charge in [0.05, 0.1) is 16.1 Å². The van der Waals surface area contributed by atoms with Crippen LogP contribution < -0.4 is 0 Å². The molecule has 0 atom stereocenters. The van der Waals surface area contributed by atoms with E-state index in [4.69, 9.17) is 11.6 Å². The highest BCUT2D eigenvalue weighted by molar-refractivity contribution is 9.10. The number of nitrogens with zero attached hydrogens (tertiary/aromatic N) is 1. The van der Waals surface area contributed by atoms with Gasteiger partial charge in [0.2, 0.25) is 0 Å². The van der Waals surface area contributed by atoms with Crippen LogP contribution >= 0.6 is 27.5 Å². The number of aromatic amines is 1. The van der Waals surface area contributed by atoms with Gasteiger partial charge in [-0.3, -0.25) is 0 Å². The van der Waals surface area contributed by atoms with Crippen molar-refractivity contribution in [2.24, 2.45) is 0 Å². The first-order valence-electron chi connectivity index (χ1n) is 5.14. The van der Waals surface area contributed by atoms with E-state index in [9.17, 15) is 0 Å². The van der Waals surface area contributed by atoms with Gasteiger partial charge in [-0.1, -0.05) is 29.8 Å². The Hall–Kier alpha value is -1.32. The maximum Gasteiger partial charge on any atom is 0.138 e. The van der Waals surface area contributed by atoms with E-state index in [1.807, 2.05) is 42.5 Å². The Morgan fingerprint density at radius 2 is 1.94 bits per heavy atom. The van der Waals surface area contributed by atoms with Crippen LogP contribution in [0.5, 0.6) is 0 Å². The van der Waals surface area contributed by atoms with Gasteiger partial charge in [0, 0.05) is 10.0 Å². The molecule has 1 N–H and O–H groups in total. The molecule has 3 aromatic rings. The smallest absolute Gasteiger partial charge is 0.138 e. The van der Waals surface area contributed by atoms with Crippen LogP contribution in [0.2, 0.25) is 5.02 Å². The highest BCUT2D eigenvalue weighted by Gasteiger charge is 2.06. The first kappa shape index (κ1) is 10.8. The second-order valence-electron chi connectivity index (χ2n) is 3.73. The number of hydrogen-bond donors (Lipinski definition) is 1. The molecule has 0 spiro atoms. The molecule has 1 heterocycles. The number of nitrogens with one attached hydrogen (secondary N) is 1. The van der Waals surface area contributed by atoms with E-state index in [1.165, 1.54) is 0 Å². The molecule has 0 aliphatic rings. The summed E-state index contributed by atoms with van der Waals surface area (Å²) in [5, 5.41) is 0.683. The van der Waals surface area contributed by atoms with E-state index in [0.29, 0.717) is 5.02 Å². The van der Waals surface area contributed by atoms with Crippen molar-refractivity contribution >= 4 is 38.6 Å². The van der Waals surface area contributed by atoms with Gasteiger partial charge in [0.1, 0.15) is 5.82 Å². The Kier molecular flexibility index (Phi) is 2.65. The molecule has 0 saturated heterocycles. The summed E-state index contributed by atoms with van der Waals surface area (Å²) in [5.74, 6) is 0.834. The molecule has 0 unspecified atom stereocenters. The number of hydrogen-bond acceptors (Lipinski definition) is 1. The lowest BCUT2D eigenvalue weighted by Gasteiger charge is -1.99. The van der Waals surface area contributed by atoms with Gasteiger partial charge >= 0.3 is 0 Å². The van der Waals surface area contributed by atoms with E-state index >= 15 is 0 Å². The Morgan fingerprint density at radius 3 is 2.71 bits per heavy atom. The first-order chi connectivity index (χ1) is 8.24. The van der Waals surface area contributed by atoms with Crippen molar-refractivity contribution in [2.75, 3.05) is 0 Å². The Bertz CT molecular complexity index is 658. The summed E-state index contributed by atoms with van der Waals surface area (Å²) >= 11 is 9.45. The molecule has 0 aliphatic heterocycles. The van der Waals surface area contributed by atoms with Crippen LogP contribution in [0.25, 0.3) is 22.4 Å². The zero-order valence-electron chi connectivity index (χ0n) is 8.74. The molecular formula is C13H8BrClN2. The van der Waals surface area contributed by atoms with Crippen LogP contribution in [0.15, 0.2) is 46.9 Å². The molecule has 2 nitrogen and oxygen atoms in total. The van der Waals surface area contributed by atoms with Crippen LogP contribution in [-0.4, -0.2) is 9.97 Å². The number of aromatic nitrogens is 2. The normalized spacial score (nSPS) is 10.9. The number of H-pyrrole nitrogens is 1. The summed E-state index contributed by atoms with van der Waals surface area (Å²) in [6.07, 6.45) is 0. The van der Waals surface area contributed by atoms with Crippen molar-refractivity contribution < 1.29 is 0 Å². The SMILES string of the molecule is Clc1cc(-c2nc3ccccc3[nH]2)ccc1Br. The summed E-state index contributed by atoms with van der Waals surface area (Å²) in [6.45, 7) is 0. The van der Waals surface area contributed by atoms with Gasteiger partial charge in [-0.15, -0.1) is 0 Å². The fourth-order valence-electron chi connectivity index (χ4n) is 1.73. The molecule has 0 bridgehead atoms. The van der Waals surface area contributed by atoms with Crippen LogP contribution in [0.1, 0.15) is 0 Å². The topological polar surface area (TPSA) is 28.7 Å². The van der Waals surface area contributed by atoms with Gasteiger partial charge in [0.15, 0.2) is 0 Å². The third-order valence-corrected chi connectivity index (χ3v) is 3.81. The van der Waals surface area contributed by atoms with E-state index in [-0.39, 0.29) is 0 Å². The Morgan fingerprint density at radius 1 is 1.12 bits per heavy atom. The van der Waals surface area contributed by atoms with Crippen LogP contribution in [0.4, 0.5) is 0 Å². The van der Waals surface area contributed by atoms with E-state index in [2.05, 4.69) is 25.9 Å². The maximum atomic E-state index is 6.07. The first-order valence-corrected chi connectivity index (χ1v) is 6.31. The minimum Gasteiger partial charge on any atom is -0.338 e. The second kappa shape index (κ2) is 4.17. The highest BCUT2D eigenvalue weighted by atomic mass is 79.9. The lowest BCUT2D eigenvalue weighted by Crippen LogP contribution is -1.80. The number of imidazole rings is 1. The summed E-state index contributed by atoms with van der Waals surface area (Å²) in [7, 11) is 0. The quantitative estimate of drug-likeness (QED) is 0.697. The van der Waals surface area contributed by atoms with Crippen molar-refractivity contribution in [3.8, 4) is 11.4 Å². The fourth-order valence-corrected chi connectivity index (χ4v) is 2.16. The highest BCUT2D eigenvalue weighted by Crippen LogP contribution is 2.28. The van der Waals surface area contributed by atoms with Crippen LogP contribution in [-0.2, 0) is 0 Å². The molecule has 84 valence electrons. The van der Waals surface area contributed by atoms with Crippen molar-refractivity contribution in [3.63, 3.8) is 0 Å². The standard InChI is InChI=1S/C13H8BrClN2/c14-9-6-5-8(7-10(9)15)13-16-11-3-1-2-4-12(11)17-13/h1-7H,(H,16,17). The monoisotopic (exact) mass is 306 g/mol. The van der Waals surface area contributed by atoms with Crippen molar-refractivity contribution in [2.45, 2.75) is 0 Å². The molecular weight excluding hydrogens is 300 g/mol. The second-order valence-corrected chi connectivity index (χ2v) is 4.99. The average Bonchev–Trinajstić information content (AvgIpc) is 2.76. The molecule has 0 saturated carbocycles. The number of rotatable bonds is 1. The predicted molar refractivity (Wildman–Crippen MR) is 74.2 cm³/mol. The minimum atomic E-state index is 0.683. The third-order valence-electron chi connectivity index (χ3n) is 2.58. The Balaban J connectivity index is 2.17. The van der Waals surface area contributed by atoms with Crippen LogP contribution in [0, 0.1) is 0 Å². The number of fused-ring (bicyclic) bond motifs is 1. The molecule has 3 rings (SSSR count). The van der Waals surface area contributed by atoms with Gasteiger partial charge in [-0.05, 0) is 40.2 Å². The van der Waals surface area contributed by atoms with E-state index in [0.717, 1.165) is 26.9 Å². The van der Waals surface area contributed by atoms with Gasteiger partial charge in [0.25, 0.3) is 0 Å². The van der Waals surface area contributed by atoms with E-state index < -0.39 is 0 Å². The Labute approximate surface area is 112 Å². The largest absolute Gasteiger partial charge is 0.338 e. The molecule has 17 heavy (non-hydrogen) atoms. The molecule has 4 heteroatoms. The molecule has 0 fully saturated rings.